The summed E-state index contributed by atoms with van der Waals surface area (Å²) >= 11 is 0. The molecule has 5 aromatic carbocycles. The van der Waals surface area contributed by atoms with Gasteiger partial charge in [0.25, 0.3) is 0 Å². The summed E-state index contributed by atoms with van der Waals surface area (Å²) in [5.41, 5.74) is 7.69. The van der Waals surface area contributed by atoms with Gasteiger partial charge in [-0.3, -0.25) is 0 Å². The first-order valence-electron chi connectivity index (χ1n) is 20.5. The molecule has 1 unspecified atom stereocenters. The van der Waals surface area contributed by atoms with Gasteiger partial charge in [-0.15, -0.1) is 0 Å². The van der Waals surface area contributed by atoms with E-state index in [2.05, 4.69) is 133 Å². The van der Waals surface area contributed by atoms with Gasteiger partial charge in [-0.1, -0.05) is 169 Å². The molecular weight excluding hydrogens is 783 g/mol. The van der Waals surface area contributed by atoms with E-state index in [1.54, 1.807) is 12.2 Å². The molecule has 0 aliphatic rings. The zero-order chi connectivity index (χ0) is 43.4. The molecular formula is C52H58O6P2. The maximum Gasteiger partial charge on any atom is 0.453 e. The molecule has 2 heterocycles. The van der Waals surface area contributed by atoms with Crippen LogP contribution in [0.25, 0.3) is 56.2 Å². The van der Waals surface area contributed by atoms with E-state index in [4.69, 9.17) is 25.8 Å². The van der Waals surface area contributed by atoms with Gasteiger partial charge < -0.3 is 25.8 Å². The fraction of sp³-hybridized carbons (Fsp3) is 0.308. The van der Waals surface area contributed by atoms with Crippen LogP contribution in [-0.2, 0) is 21.7 Å². The van der Waals surface area contributed by atoms with E-state index < -0.39 is 16.5 Å². The highest BCUT2D eigenvalue weighted by Gasteiger charge is 2.33. The van der Waals surface area contributed by atoms with Crippen LogP contribution in [0, 0.1) is 0 Å². The predicted molar refractivity (Wildman–Crippen MR) is 254 cm³/mol. The molecule has 2 aromatic heterocycles. The van der Waals surface area contributed by atoms with Crippen LogP contribution in [0.4, 0.5) is 0 Å². The van der Waals surface area contributed by atoms with Crippen molar-refractivity contribution >= 4 is 61.5 Å². The van der Waals surface area contributed by atoms with Crippen molar-refractivity contribution < 1.29 is 25.8 Å². The van der Waals surface area contributed by atoms with E-state index in [0.717, 1.165) is 55.1 Å². The highest BCUT2D eigenvalue weighted by molar-refractivity contribution is 7.32. The van der Waals surface area contributed by atoms with Crippen molar-refractivity contribution in [2.24, 2.45) is 0 Å². The Morgan fingerprint density at radius 1 is 0.450 bits per heavy atom. The summed E-state index contributed by atoms with van der Waals surface area (Å²) in [6.07, 6.45) is 3.46. The Balaban J connectivity index is 1.63. The van der Waals surface area contributed by atoms with E-state index in [1.165, 1.54) is 0 Å². The number of benzene rings is 5. The number of hydrogen-bond acceptors (Lipinski definition) is 6. The second-order valence-corrected chi connectivity index (χ2v) is 21.5. The summed E-state index contributed by atoms with van der Waals surface area (Å²) in [7, 11) is -4.06. The third kappa shape index (κ3) is 8.65. The molecule has 0 aliphatic carbocycles. The number of hydrogen-bond donors (Lipinski definition) is 0. The highest BCUT2D eigenvalue weighted by atomic mass is 31.1. The number of para-hydroxylation sites is 3. The molecule has 0 radical (unpaired) electrons. The first-order chi connectivity index (χ1) is 28.2. The molecule has 0 spiro atoms. The van der Waals surface area contributed by atoms with Crippen molar-refractivity contribution in [2.45, 2.75) is 105 Å². The molecule has 7 aromatic rings. The molecule has 0 bridgehead atoms. The molecule has 7 rings (SSSR count). The largest absolute Gasteiger partial charge is 0.453 e. The Morgan fingerprint density at radius 2 is 0.817 bits per heavy atom. The fourth-order valence-electron chi connectivity index (χ4n) is 7.26. The highest BCUT2D eigenvalue weighted by Crippen LogP contribution is 2.53. The van der Waals surface area contributed by atoms with E-state index in [1.807, 2.05) is 60.7 Å². The summed E-state index contributed by atoms with van der Waals surface area (Å²) < 4.78 is 41.3. The lowest BCUT2D eigenvalue weighted by molar-refractivity contribution is 0.463. The normalized spacial score (nSPS) is 12.8. The molecule has 8 heteroatoms. The standard InChI is InChI=1S/C52H58O6P2/c1-15-35-36-23-17-20-26-44(36)54-59(53-43(35)16-2)57-47-39(29-33(49(3,4)5)31-41(47)51(9,10)11)40-30-34(50(6,7)8)32-42(52(12,13)14)48(40)58-60-55-45-27-21-18-24-37(45)38-25-19-22-28-46(38)56-60/h15-32H,1-2H2,3-14H3. The first kappa shape index (κ1) is 42.8. The third-order valence-corrected chi connectivity index (χ3v) is 12.8. The number of fused-ring (bicyclic) bond motifs is 4. The van der Waals surface area contributed by atoms with Gasteiger partial charge in [0.15, 0.2) is 0 Å². The average Bonchev–Trinajstić information content (AvgIpc) is 3.43. The van der Waals surface area contributed by atoms with Crippen LogP contribution in [0.3, 0.4) is 0 Å². The maximum absolute atomic E-state index is 7.26. The van der Waals surface area contributed by atoms with Crippen molar-refractivity contribution in [3.63, 3.8) is 0 Å². The number of rotatable bonds is 7. The van der Waals surface area contributed by atoms with Crippen molar-refractivity contribution in [1.82, 2.24) is 0 Å². The SMILES string of the molecule is C=Cc1op(Oc2c(-c3cc(C(C)(C)C)cc(C(C)(C)C)c3Op3oc4ccccc4c4ccccc4o3)cc(C(C)(C)C)cc2C(C)(C)C)oc2ccccc2c1C=C. The zero-order valence-corrected chi connectivity index (χ0v) is 38.9. The van der Waals surface area contributed by atoms with Gasteiger partial charge >= 0.3 is 16.5 Å². The van der Waals surface area contributed by atoms with Crippen molar-refractivity contribution in [3.8, 4) is 22.6 Å². The van der Waals surface area contributed by atoms with E-state index in [-0.39, 0.29) is 21.7 Å². The van der Waals surface area contributed by atoms with E-state index in [9.17, 15) is 0 Å². The minimum atomic E-state index is -2.06. The van der Waals surface area contributed by atoms with Crippen molar-refractivity contribution in [2.75, 3.05) is 0 Å². The molecule has 0 fully saturated rings. The van der Waals surface area contributed by atoms with Gasteiger partial charge in [0.2, 0.25) is 0 Å². The van der Waals surface area contributed by atoms with Crippen LogP contribution >= 0.6 is 16.5 Å². The Hall–Kier alpha value is -5.28. The molecule has 0 saturated heterocycles. The van der Waals surface area contributed by atoms with Gasteiger partial charge in [-0.25, -0.2) is 0 Å². The second kappa shape index (κ2) is 16.0. The molecule has 0 amide bonds. The monoisotopic (exact) mass is 840 g/mol. The molecule has 0 saturated carbocycles. The summed E-state index contributed by atoms with van der Waals surface area (Å²) in [6.45, 7) is 34.9. The summed E-state index contributed by atoms with van der Waals surface area (Å²) in [6, 6.07) is 32.9. The smallest absolute Gasteiger partial charge is 0.390 e. The van der Waals surface area contributed by atoms with Crippen LogP contribution < -0.4 is 9.05 Å². The Kier molecular flexibility index (Phi) is 11.4. The third-order valence-electron chi connectivity index (χ3n) is 10.7. The second-order valence-electron chi connectivity index (χ2n) is 19.5. The molecule has 312 valence electrons. The molecule has 0 N–H and O–H groups in total. The maximum atomic E-state index is 7.26. The van der Waals surface area contributed by atoms with Gasteiger partial charge in [0.1, 0.15) is 34.0 Å². The topological polar surface area (TPSA) is 71.0 Å². The lowest BCUT2D eigenvalue weighted by Gasteiger charge is -2.31. The van der Waals surface area contributed by atoms with Gasteiger partial charge in [0, 0.05) is 44.0 Å². The van der Waals surface area contributed by atoms with Crippen molar-refractivity contribution in [1.29, 1.82) is 0 Å². The predicted octanol–water partition coefficient (Wildman–Crippen LogP) is 17.6. The van der Waals surface area contributed by atoms with Crippen LogP contribution in [0.2, 0.25) is 0 Å². The minimum absolute atomic E-state index is 0.215. The summed E-state index contributed by atoms with van der Waals surface area (Å²) in [4.78, 5) is 0. The Labute approximate surface area is 357 Å². The van der Waals surface area contributed by atoms with Crippen LogP contribution in [0.5, 0.6) is 11.5 Å². The molecule has 6 nitrogen and oxygen atoms in total. The lowest BCUT2D eigenvalue weighted by atomic mass is 9.75. The fourth-order valence-corrected chi connectivity index (χ4v) is 9.47. The summed E-state index contributed by atoms with van der Waals surface area (Å²) in [5, 5.41) is 2.75. The summed E-state index contributed by atoms with van der Waals surface area (Å²) in [5.74, 6) is 1.84. The van der Waals surface area contributed by atoms with Crippen molar-refractivity contribution in [3.05, 3.63) is 144 Å². The molecule has 60 heavy (non-hydrogen) atoms. The molecule has 1 atom stereocenters. The lowest BCUT2D eigenvalue weighted by Crippen LogP contribution is -2.19. The quantitative estimate of drug-likeness (QED) is 0.159. The zero-order valence-electron chi connectivity index (χ0n) is 37.2. The van der Waals surface area contributed by atoms with Crippen LogP contribution in [0.15, 0.2) is 127 Å². The van der Waals surface area contributed by atoms with Gasteiger partial charge in [-0.2, -0.15) is 0 Å². The van der Waals surface area contributed by atoms with E-state index >= 15 is 0 Å². The van der Waals surface area contributed by atoms with E-state index in [0.29, 0.717) is 34.0 Å². The minimum Gasteiger partial charge on any atom is -0.390 e. The van der Waals surface area contributed by atoms with Gasteiger partial charge in [0.05, 0.1) is 0 Å². The average molecular weight is 841 g/mol. The first-order valence-corrected chi connectivity index (χ1v) is 22.7. The van der Waals surface area contributed by atoms with Crippen LogP contribution in [0.1, 0.15) is 117 Å². The molecule has 0 aliphatic heterocycles. The Bertz CT molecular complexity index is 2790. The van der Waals surface area contributed by atoms with Crippen LogP contribution in [-0.4, -0.2) is 0 Å². The van der Waals surface area contributed by atoms with Gasteiger partial charge in [-0.05, 0) is 69.2 Å². The Morgan fingerprint density at radius 3 is 1.18 bits per heavy atom.